The van der Waals surface area contributed by atoms with Gasteiger partial charge in [0, 0.05) is 19.1 Å². The summed E-state index contributed by atoms with van der Waals surface area (Å²) in [5, 5.41) is 9.88. The molecule has 3 rings (SSSR count). The van der Waals surface area contributed by atoms with Crippen molar-refractivity contribution in [3.05, 3.63) is 0 Å². The van der Waals surface area contributed by atoms with Gasteiger partial charge in [0.25, 0.3) is 0 Å². The molecule has 21 heavy (non-hydrogen) atoms. The van der Waals surface area contributed by atoms with Crippen molar-refractivity contribution in [3.8, 4) is 0 Å². The first-order valence-corrected chi connectivity index (χ1v) is 8.70. The molecule has 4 atom stereocenters. The number of nitrogens with zero attached hydrogens (tertiary/aromatic N) is 1. The summed E-state index contributed by atoms with van der Waals surface area (Å²) in [6.07, 6.45) is 9.13. The standard InChI is InChI=1S/C17H29NO3/c1-13-5-4-8-17(11-13,16(19)20)12-18-9-10-21-15-7-3-2-6-14(15)18/h13-15H,2-12H2,1H3,(H,19,20). The number of carboxylic acids is 1. The highest BCUT2D eigenvalue weighted by Crippen LogP contribution is 2.42. The van der Waals surface area contributed by atoms with Gasteiger partial charge in [-0.2, -0.15) is 0 Å². The van der Waals surface area contributed by atoms with Crippen molar-refractivity contribution >= 4 is 5.97 Å². The van der Waals surface area contributed by atoms with Gasteiger partial charge in [-0.1, -0.05) is 32.6 Å². The first-order valence-electron chi connectivity index (χ1n) is 8.70. The van der Waals surface area contributed by atoms with Crippen molar-refractivity contribution in [3.63, 3.8) is 0 Å². The molecule has 0 radical (unpaired) electrons. The first-order chi connectivity index (χ1) is 10.1. The maximum Gasteiger partial charge on any atom is 0.310 e. The van der Waals surface area contributed by atoms with E-state index in [1.807, 2.05) is 0 Å². The minimum absolute atomic E-state index is 0.347. The van der Waals surface area contributed by atoms with Crippen LogP contribution in [0.4, 0.5) is 0 Å². The van der Waals surface area contributed by atoms with E-state index < -0.39 is 11.4 Å². The summed E-state index contributed by atoms with van der Waals surface area (Å²) in [4.78, 5) is 14.5. The average Bonchev–Trinajstić information content (AvgIpc) is 2.47. The molecule has 1 heterocycles. The van der Waals surface area contributed by atoms with Gasteiger partial charge in [0.2, 0.25) is 0 Å². The molecule has 0 amide bonds. The van der Waals surface area contributed by atoms with Crippen molar-refractivity contribution < 1.29 is 14.6 Å². The third kappa shape index (κ3) is 3.11. The third-order valence-electron chi connectivity index (χ3n) is 5.90. The van der Waals surface area contributed by atoms with Gasteiger partial charge in [-0.25, -0.2) is 0 Å². The fourth-order valence-electron chi connectivity index (χ4n) is 4.83. The number of ether oxygens (including phenoxy) is 1. The number of aliphatic carboxylic acids is 1. The van der Waals surface area contributed by atoms with E-state index in [0.717, 1.165) is 45.4 Å². The van der Waals surface area contributed by atoms with E-state index in [0.29, 0.717) is 18.1 Å². The first kappa shape index (κ1) is 15.3. The number of rotatable bonds is 3. The lowest BCUT2D eigenvalue weighted by Crippen LogP contribution is -2.57. The molecule has 0 aromatic heterocycles. The maximum absolute atomic E-state index is 12.0. The number of hydrogen-bond donors (Lipinski definition) is 1. The Morgan fingerprint density at radius 1 is 1.29 bits per heavy atom. The topological polar surface area (TPSA) is 49.8 Å². The van der Waals surface area contributed by atoms with Crippen molar-refractivity contribution in [2.75, 3.05) is 19.7 Å². The Kier molecular flexibility index (Phi) is 4.55. The van der Waals surface area contributed by atoms with Crippen LogP contribution in [-0.2, 0) is 9.53 Å². The van der Waals surface area contributed by atoms with E-state index in [2.05, 4.69) is 11.8 Å². The molecule has 4 heteroatoms. The number of morpholine rings is 1. The highest BCUT2D eigenvalue weighted by molar-refractivity contribution is 5.75. The molecule has 1 aliphatic heterocycles. The molecule has 0 aromatic carbocycles. The zero-order valence-corrected chi connectivity index (χ0v) is 13.2. The predicted octanol–water partition coefficient (Wildman–Crippen LogP) is 2.91. The Bertz CT molecular complexity index is 384. The average molecular weight is 295 g/mol. The van der Waals surface area contributed by atoms with Gasteiger partial charge in [-0.05, 0) is 31.6 Å². The highest BCUT2D eigenvalue weighted by atomic mass is 16.5. The fraction of sp³-hybridized carbons (Fsp3) is 0.941. The van der Waals surface area contributed by atoms with Crippen LogP contribution in [0, 0.1) is 11.3 Å². The van der Waals surface area contributed by atoms with Crippen LogP contribution in [0.25, 0.3) is 0 Å². The van der Waals surface area contributed by atoms with Gasteiger partial charge < -0.3 is 9.84 Å². The van der Waals surface area contributed by atoms with Crippen molar-refractivity contribution in [2.45, 2.75) is 70.4 Å². The Hall–Kier alpha value is -0.610. The SMILES string of the molecule is CC1CCCC(CN2CCOC3CCCCC32)(C(=O)O)C1. The lowest BCUT2D eigenvalue weighted by molar-refractivity contribution is -0.158. The summed E-state index contributed by atoms with van der Waals surface area (Å²) in [6.45, 7) is 4.62. The lowest BCUT2D eigenvalue weighted by atomic mass is 9.69. The Balaban J connectivity index is 1.74. The van der Waals surface area contributed by atoms with Crippen molar-refractivity contribution in [1.29, 1.82) is 0 Å². The molecule has 2 aliphatic carbocycles. The van der Waals surface area contributed by atoms with Crippen LogP contribution < -0.4 is 0 Å². The monoisotopic (exact) mass is 295 g/mol. The Morgan fingerprint density at radius 3 is 2.86 bits per heavy atom. The van der Waals surface area contributed by atoms with E-state index in [9.17, 15) is 9.90 Å². The molecule has 2 saturated carbocycles. The second-order valence-electron chi connectivity index (χ2n) is 7.52. The van der Waals surface area contributed by atoms with Crippen molar-refractivity contribution in [1.82, 2.24) is 4.90 Å². The summed E-state index contributed by atoms with van der Waals surface area (Å²) in [5.41, 5.74) is -0.517. The van der Waals surface area contributed by atoms with Crippen LogP contribution in [0.15, 0.2) is 0 Å². The van der Waals surface area contributed by atoms with Crippen LogP contribution >= 0.6 is 0 Å². The molecule has 120 valence electrons. The quantitative estimate of drug-likeness (QED) is 0.870. The van der Waals surface area contributed by atoms with Gasteiger partial charge in [-0.15, -0.1) is 0 Å². The highest BCUT2D eigenvalue weighted by Gasteiger charge is 2.46. The van der Waals surface area contributed by atoms with Crippen LogP contribution in [0.3, 0.4) is 0 Å². The molecule has 0 bridgehead atoms. The summed E-state index contributed by atoms with van der Waals surface area (Å²) in [7, 11) is 0. The molecule has 0 spiro atoms. The molecule has 4 nitrogen and oxygen atoms in total. The second kappa shape index (κ2) is 6.25. The lowest BCUT2D eigenvalue weighted by Gasteiger charge is -2.48. The van der Waals surface area contributed by atoms with E-state index in [1.165, 1.54) is 25.7 Å². The Labute approximate surface area is 127 Å². The molecule has 1 saturated heterocycles. The summed E-state index contributed by atoms with van der Waals surface area (Å²) < 4.78 is 5.93. The van der Waals surface area contributed by atoms with Gasteiger partial charge in [0.05, 0.1) is 18.1 Å². The van der Waals surface area contributed by atoms with E-state index in [1.54, 1.807) is 0 Å². The second-order valence-corrected chi connectivity index (χ2v) is 7.52. The molecule has 4 unspecified atom stereocenters. The van der Waals surface area contributed by atoms with E-state index in [-0.39, 0.29) is 0 Å². The fourth-order valence-corrected chi connectivity index (χ4v) is 4.83. The zero-order chi connectivity index (χ0) is 14.9. The largest absolute Gasteiger partial charge is 0.481 e. The summed E-state index contributed by atoms with van der Waals surface area (Å²) >= 11 is 0. The minimum Gasteiger partial charge on any atom is -0.481 e. The van der Waals surface area contributed by atoms with Crippen LogP contribution in [-0.4, -0.2) is 47.8 Å². The van der Waals surface area contributed by atoms with Gasteiger partial charge in [0.1, 0.15) is 0 Å². The van der Waals surface area contributed by atoms with Gasteiger partial charge in [0.15, 0.2) is 0 Å². The van der Waals surface area contributed by atoms with E-state index >= 15 is 0 Å². The number of hydrogen-bond acceptors (Lipinski definition) is 3. The smallest absolute Gasteiger partial charge is 0.310 e. The molecule has 3 fully saturated rings. The molecular weight excluding hydrogens is 266 g/mol. The number of carboxylic acid groups (broad SMARTS) is 1. The third-order valence-corrected chi connectivity index (χ3v) is 5.90. The molecule has 3 aliphatic rings. The van der Waals surface area contributed by atoms with Crippen LogP contribution in [0.1, 0.15) is 58.3 Å². The molecular formula is C17H29NO3. The summed E-state index contributed by atoms with van der Waals surface area (Å²) in [6, 6.07) is 0.459. The molecule has 1 N–H and O–H groups in total. The Morgan fingerprint density at radius 2 is 2.10 bits per heavy atom. The number of fused-ring (bicyclic) bond motifs is 1. The minimum atomic E-state index is -0.576. The van der Waals surface area contributed by atoms with Gasteiger partial charge in [-0.3, -0.25) is 9.69 Å². The van der Waals surface area contributed by atoms with Gasteiger partial charge >= 0.3 is 5.97 Å². The maximum atomic E-state index is 12.0. The predicted molar refractivity (Wildman–Crippen MR) is 81.3 cm³/mol. The van der Waals surface area contributed by atoms with Crippen molar-refractivity contribution in [2.24, 2.45) is 11.3 Å². The molecule has 0 aromatic rings. The normalized spacial score (nSPS) is 41.5. The summed E-state index contributed by atoms with van der Waals surface area (Å²) in [5.74, 6) is -0.0362. The van der Waals surface area contributed by atoms with Crippen LogP contribution in [0.5, 0.6) is 0 Å². The van der Waals surface area contributed by atoms with Crippen LogP contribution in [0.2, 0.25) is 0 Å². The number of carbonyl (C=O) groups is 1. The zero-order valence-electron chi connectivity index (χ0n) is 13.2. The van der Waals surface area contributed by atoms with E-state index in [4.69, 9.17) is 4.74 Å².